The van der Waals surface area contributed by atoms with E-state index >= 15 is 0 Å². The van der Waals surface area contributed by atoms with E-state index in [0.29, 0.717) is 32.3 Å². The molecule has 0 aliphatic rings. The summed E-state index contributed by atoms with van der Waals surface area (Å²) in [7, 11) is 1.28. The molecule has 0 atom stereocenters. The summed E-state index contributed by atoms with van der Waals surface area (Å²) in [6.07, 6.45) is 2.12. The molecule has 22 heavy (non-hydrogen) atoms. The Bertz CT molecular complexity index is 351. The Balaban J connectivity index is 0. The Hall–Kier alpha value is -2.12. The standard InChI is InChI=1S/C8H14O4.C6H10O4/c1-2-12-8(11)6-4-3-5-7(9)10;1-10-6(9)4-2-3-5(7)8/h2-6H2,1H3,(H,9,10);2-4H2,1H3,(H,7,8). The Labute approximate surface area is 129 Å². The van der Waals surface area contributed by atoms with Crippen LogP contribution >= 0.6 is 0 Å². The number of unbranched alkanes of at least 4 members (excludes halogenated alkanes) is 1. The molecule has 8 nitrogen and oxygen atoms in total. The van der Waals surface area contributed by atoms with E-state index in [2.05, 4.69) is 9.47 Å². The molecule has 0 aromatic carbocycles. The Morgan fingerprint density at radius 3 is 1.68 bits per heavy atom. The fraction of sp³-hybridized carbons (Fsp3) is 0.714. The number of carboxylic acids is 2. The Morgan fingerprint density at radius 1 is 0.773 bits per heavy atom. The van der Waals surface area contributed by atoms with Gasteiger partial charge in [0.2, 0.25) is 0 Å². The first-order valence-corrected chi connectivity index (χ1v) is 6.99. The molecule has 0 spiro atoms. The van der Waals surface area contributed by atoms with Crippen LogP contribution in [0.1, 0.15) is 51.9 Å². The fourth-order valence-electron chi connectivity index (χ4n) is 1.26. The molecule has 0 rings (SSSR count). The first-order valence-electron chi connectivity index (χ1n) is 6.99. The Kier molecular flexibility index (Phi) is 15.4. The van der Waals surface area contributed by atoms with Crippen LogP contribution in [0.15, 0.2) is 0 Å². The minimum Gasteiger partial charge on any atom is -0.481 e. The van der Waals surface area contributed by atoms with Gasteiger partial charge in [-0.2, -0.15) is 0 Å². The molecule has 0 aromatic heterocycles. The second-order valence-electron chi connectivity index (χ2n) is 4.23. The van der Waals surface area contributed by atoms with Crippen molar-refractivity contribution in [2.45, 2.75) is 51.9 Å². The van der Waals surface area contributed by atoms with Crippen LogP contribution in [0, 0.1) is 0 Å². The number of hydrogen-bond donors (Lipinski definition) is 2. The highest BCUT2D eigenvalue weighted by Crippen LogP contribution is 2.01. The highest BCUT2D eigenvalue weighted by atomic mass is 16.5. The topological polar surface area (TPSA) is 127 Å². The summed E-state index contributed by atoms with van der Waals surface area (Å²) in [4.78, 5) is 41.1. The highest BCUT2D eigenvalue weighted by Gasteiger charge is 2.02. The highest BCUT2D eigenvalue weighted by molar-refractivity contribution is 5.71. The quantitative estimate of drug-likeness (QED) is 0.459. The molecule has 0 fully saturated rings. The summed E-state index contributed by atoms with van der Waals surface area (Å²) in [6.45, 7) is 2.13. The predicted octanol–water partition coefficient (Wildman–Crippen LogP) is 1.61. The normalized spacial score (nSPS) is 9.18. The van der Waals surface area contributed by atoms with Crippen LogP contribution in [0.3, 0.4) is 0 Å². The maximum Gasteiger partial charge on any atom is 0.305 e. The van der Waals surface area contributed by atoms with Gasteiger partial charge >= 0.3 is 23.9 Å². The molecule has 8 heteroatoms. The molecule has 0 aliphatic carbocycles. The molecule has 0 heterocycles. The van der Waals surface area contributed by atoms with Crippen molar-refractivity contribution in [2.75, 3.05) is 13.7 Å². The van der Waals surface area contributed by atoms with Gasteiger partial charge in [0.05, 0.1) is 13.7 Å². The molecule has 0 bridgehead atoms. The SMILES string of the molecule is CCOC(=O)CCCCC(=O)O.COC(=O)CCCC(=O)O. The van der Waals surface area contributed by atoms with Crippen molar-refractivity contribution < 1.29 is 38.9 Å². The van der Waals surface area contributed by atoms with Crippen LogP contribution in [-0.4, -0.2) is 47.8 Å². The van der Waals surface area contributed by atoms with Crippen LogP contribution < -0.4 is 0 Å². The van der Waals surface area contributed by atoms with Gasteiger partial charge < -0.3 is 19.7 Å². The zero-order valence-corrected chi connectivity index (χ0v) is 13.0. The number of carbonyl (C=O) groups is 4. The van der Waals surface area contributed by atoms with Crippen molar-refractivity contribution in [3.63, 3.8) is 0 Å². The zero-order valence-electron chi connectivity index (χ0n) is 13.0. The van der Waals surface area contributed by atoms with E-state index in [0.717, 1.165) is 0 Å². The van der Waals surface area contributed by atoms with E-state index in [9.17, 15) is 19.2 Å². The lowest BCUT2D eigenvalue weighted by Gasteiger charge is -1.99. The molecule has 0 saturated heterocycles. The van der Waals surface area contributed by atoms with E-state index in [1.165, 1.54) is 7.11 Å². The maximum absolute atomic E-state index is 10.7. The smallest absolute Gasteiger partial charge is 0.305 e. The lowest BCUT2D eigenvalue weighted by atomic mass is 10.2. The molecule has 0 aromatic rings. The van der Waals surface area contributed by atoms with Crippen LogP contribution in [0.2, 0.25) is 0 Å². The van der Waals surface area contributed by atoms with E-state index in [1.807, 2.05) is 0 Å². The zero-order chi connectivity index (χ0) is 17.4. The lowest BCUT2D eigenvalue weighted by Crippen LogP contribution is -2.03. The third kappa shape index (κ3) is 20.2. The summed E-state index contributed by atoms with van der Waals surface area (Å²) < 4.78 is 8.96. The Morgan fingerprint density at radius 2 is 1.23 bits per heavy atom. The van der Waals surface area contributed by atoms with Gasteiger partial charge in [-0.3, -0.25) is 19.2 Å². The van der Waals surface area contributed by atoms with Crippen molar-refractivity contribution >= 4 is 23.9 Å². The predicted molar refractivity (Wildman–Crippen MR) is 76.2 cm³/mol. The van der Waals surface area contributed by atoms with Gasteiger partial charge in [0.1, 0.15) is 0 Å². The second kappa shape index (κ2) is 15.3. The van der Waals surface area contributed by atoms with E-state index < -0.39 is 11.9 Å². The molecule has 128 valence electrons. The number of carbonyl (C=O) groups excluding carboxylic acids is 2. The summed E-state index contributed by atoms with van der Waals surface area (Å²) in [5.74, 6) is -2.31. The molecular weight excluding hydrogens is 296 g/mol. The molecular formula is C14H24O8. The van der Waals surface area contributed by atoms with Crippen LogP contribution in [-0.2, 0) is 28.7 Å². The van der Waals surface area contributed by atoms with Crippen LogP contribution in [0.25, 0.3) is 0 Å². The van der Waals surface area contributed by atoms with Crippen molar-refractivity contribution in [1.82, 2.24) is 0 Å². The largest absolute Gasteiger partial charge is 0.481 e. The van der Waals surface area contributed by atoms with Gasteiger partial charge in [0.25, 0.3) is 0 Å². The van der Waals surface area contributed by atoms with E-state index in [1.54, 1.807) is 6.92 Å². The number of esters is 2. The average molecular weight is 320 g/mol. The molecule has 2 N–H and O–H groups in total. The minimum absolute atomic E-state index is 0.0229. The summed E-state index contributed by atoms with van der Waals surface area (Å²) >= 11 is 0. The van der Waals surface area contributed by atoms with Gasteiger partial charge in [-0.05, 0) is 26.2 Å². The number of rotatable bonds is 10. The monoisotopic (exact) mass is 320 g/mol. The van der Waals surface area contributed by atoms with Crippen LogP contribution in [0.4, 0.5) is 0 Å². The third-order valence-electron chi connectivity index (χ3n) is 2.33. The fourth-order valence-corrected chi connectivity index (χ4v) is 1.26. The molecule has 0 aliphatic heterocycles. The van der Waals surface area contributed by atoms with E-state index in [-0.39, 0.29) is 31.2 Å². The third-order valence-corrected chi connectivity index (χ3v) is 2.33. The molecule has 0 saturated carbocycles. The summed E-state index contributed by atoms with van der Waals surface area (Å²) in [5.41, 5.74) is 0. The first kappa shape index (κ1) is 22.2. The first-order chi connectivity index (χ1) is 10.3. The van der Waals surface area contributed by atoms with E-state index in [4.69, 9.17) is 10.2 Å². The molecule has 0 radical (unpaired) electrons. The number of methoxy groups -OCH3 is 1. The van der Waals surface area contributed by atoms with Crippen molar-refractivity contribution in [1.29, 1.82) is 0 Å². The molecule has 0 amide bonds. The average Bonchev–Trinajstić information content (AvgIpc) is 2.44. The second-order valence-corrected chi connectivity index (χ2v) is 4.23. The molecule has 0 unspecified atom stereocenters. The van der Waals surface area contributed by atoms with Gasteiger partial charge in [-0.15, -0.1) is 0 Å². The summed E-state index contributed by atoms with van der Waals surface area (Å²) in [6, 6.07) is 0. The van der Waals surface area contributed by atoms with Gasteiger partial charge in [-0.1, -0.05) is 0 Å². The van der Waals surface area contributed by atoms with Crippen molar-refractivity contribution in [3.05, 3.63) is 0 Å². The van der Waals surface area contributed by atoms with Crippen LogP contribution in [0.5, 0.6) is 0 Å². The van der Waals surface area contributed by atoms with Gasteiger partial charge in [-0.25, -0.2) is 0 Å². The van der Waals surface area contributed by atoms with Crippen molar-refractivity contribution in [3.8, 4) is 0 Å². The lowest BCUT2D eigenvalue weighted by molar-refractivity contribution is -0.144. The number of aliphatic carboxylic acids is 2. The van der Waals surface area contributed by atoms with Gasteiger partial charge in [0, 0.05) is 25.7 Å². The van der Waals surface area contributed by atoms with Gasteiger partial charge in [0.15, 0.2) is 0 Å². The number of ether oxygens (including phenoxy) is 2. The minimum atomic E-state index is -0.885. The number of carboxylic acid groups (broad SMARTS) is 2. The summed E-state index contributed by atoms with van der Waals surface area (Å²) in [5, 5.41) is 16.4. The van der Waals surface area contributed by atoms with Crippen molar-refractivity contribution in [2.24, 2.45) is 0 Å². The number of hydrogen-bond acceptors (Lipinski definition) is 6. The maximum atomic E-state index is 10.7.